The first kappa shape index (κ1) is 25.0. The first-order valence-corrected chi connectivity index (χ1v) is 12.6. The molecule has 2 N–H and O–H groups in total. The second kappa shape index (κ2) is 10.3. The van der Waals surface area contributed by atoms with Gasteiger partial charge >= 0.3 is 0 Å². The highest BCUT2D eigenvalue weighted by Gasteiger charge is 2.25. The van der Waals surface area contributed by atoms with E-state index in [2.05, 4.69) is 20.3 Å². The summed E-state index contributed by atoms with van der Waals surface area (Å²) < 4.78 is 47.0. The summed E-state index contributed by atoms with van der Waals surface area (Å²) in [6, 6.07) is 8.53. The molecule has 11 nitrogen and oxygen atoms in total. The maximum atomic E-state index is 13.2. The molecule has 4 aromatic rings. The summed E-state index contributed by atoms with van der Waals surface area (Å²) in [6.07, 6.45) is 4.17. The Balaban J connectivity index is 1.63. The largest absolute Gasteiger partial charge is 0.496 e. The van der Waals surface area contributed by atoms with Crippen LogP contribution in [0.4, 0.5) is 5.82 Å². The SMILES string of the molecule is CCc1ccc(OC)c(S(=O)(=O)Nc2noc3cc(Cn4cc(CNC(C)=O)cn4)cc(OC)c23)c1. The van der Waals surface area contributed by atoms with Crippen LogP contribution in [0.15, 0.2) is 52.1 Å². The molecule has 0 atom stereocenters. The molecule has 2 heterocycles. The molecule has 0 radical (unpaired) electrons. The van der Waals surface area contributed by atoms with Crippen molar-refractivity contribution in [2.75, 3.05) is 18.9 Å². The number of amides is 1. The van der Waals surface area contributed by atoms with Gasteiger partial charge in [-0.3, -0.25) is 14.2 Å². The monoisotopic (exact) mass is 513 g/mol. The van der Waals surface area contributed by atoms with E-state index in [1.807, 2.05) is 19.2 Å². The highest BCUT2D eigenvalue weighted by molar-refractivity contribution is 7.92. The first-order valence-electron chi connectivity index (χ1n) is 11.2. The second-order valence-corrected chi connectivity index (χ2v) is 9.75. The smallest absolute Gasteiger partial charge is 0.266 e. The number of aromatic nitrogens is 3. The fraction of sp³-hybridized carbons (Fsp3) is 0.292. The fourth-order valence-corrected chi connectivity index (χ4v) is 4.97. The van der Waals surface area contributed by atoms with E-state index in [0.29, 0.717) is 36.2 Å². The molecule has 0 fully saturated rings. The van der Waals surface area contributed by atoms with Gasteiger partial charge in [-0.05, 0) is 41.8 Å². The molecule has 0 saturated carbocycles. The van der Waals surface area contributed by atoms with E-state index in [-0.39, 0.29) is 22.4 Å². The quantitative estimate of drug-likeness (QED) is 0.330. The number of aryl methyl sites for hydroxylation is 1. The average molecular weight is 514 g/mol. The predicted molar refractivity (Wildman–Crippen MR) is 133 cm³/mol. The molecular formula is C24H27N5O6S. The van der Waals surface area contributed by atoms with E-state index in [1.54, 1.807) is 35.1 Å². The standard InChI is InChI=1S/C24H27N5O6S/c1-5-16-6-7-19(33-3)22(10-16)36(31,32)28-24-23-20(34-4)8-17(9-21(23)35-27-24)13-29-14-18(12-26-29)11-25-15(2)30/h6-10,12,14H,5,11,13H2,1-4H3,(H,25,30)(H,27,28). The van der Waals surface area contributed by atoms with Gasteiger partial charge in [-0.2, -0.15) is 5.10 Å². The number of carbonyl (C=O) groups excluding carboxylic acids is 1. The third-order valence-corrected chi connectivity index (χ3v) is 6.91. The Bertz CT molecular complexity index is 1510. The van der Waals surface area contributed by atoms with Gasteiger partial charge in [-0.25, -0.2) is 8.42 Å². The van der Waals surface area contributed by atoms with E-state index >= 15 is 0 Å². The third-order valence-electron chi connectivity index (χ3n) is 5.55. The lowest BCUT2D eigenvalue weighted by atomic mass is 10.1. The van der Waals surface area contributed by atoms with Crippen LogP contribution in [-0.2, 0) is 34.3 Å². The van der Waals surface area contributed by atoms with Crippen LogP contribution >= 0.6 is 0 Å². The highest BCUT2D eigenvalue weighted by atomic mass is 32.2. The molecule has 4 rings (SSSR count). The number of rotatable bonds is 10. The van der Waals surface area contributed by atoms with Gasteiger partial charge < -0.3 is 19.3 Å². The molecule has 0 aliphatic heterocycles. The third kappa shape index (κ3) is 5.28. The number of fused-ring (bicyclic) bond motifs is 1. The molecule has 2 aromatic carbocycles. The summed E-state index contributed by atoms with van der Waals surface area (Å²) in [4.78, 5) is 11.1. The summed E-state index contributed by atoms with van der Waals surface area (Å²) in [5.74, 6) is 0.500. The number of hydrogen-bond acceptors (Lipinski definition) is 8. The molecule has 2 aromatic heterocycles. The summed E-state index contributed by atoms with van der Waals surface area (Å²) in [5.41, 5.74) is 2.86. The normalized spacial score (nSPS) is 11.4. The molecule has 0 spiro atoms. The second-order valence-electron chi connectivity index (χ2n) is 8.10. The van der Waals surface area contributed by atoms with Gasteiger partial charge in [-0.1, -0.05) is 18.1 Å². The maximum Gasteiger partial charge on any atom is 0.266 e. The zero-order valence-corrected chi connectivity index (χ0v) is 21.2. The molecule has 12 heteroatoms. The summed E-state index contributed by atoms with van der Waals surface area (Å²) >= 11 is 0. The summed E-state index contributed by atoms with van der Waals surface area (Å²) in [6.45, 7) is 4.17. The minimum absolute atomic E-state index is 0.00448. The zero-order chi connectivity index (χ0) is 25.9. The van der Waals surface area contributed by atoms with Crippen molar-refractivity contribution < 1.29 is 27.2 Å². The number of nitrogens with one attached hydrogen (secondary N) is 2. The van der Waals surface area contributed by atoms with Crippen LogP contribution in [0, 0.1) is 0 Å². The highest BCUT2D eigenvalue weighted by Crippen LogP contribution is 2.36. The Morgan fingerprint density at radius 1 is 1.08 bits per heavy atom. The van der Waals surface area contributed by atoms with E-state index in [0.717, 1.165) is 16.7 Å². The molecule has 0 aliphatic carbocycles. The van der Waals surface area contributed by atoms with Crippen molar-refractivity contribution in [3.8, 4) is 11.5 Å². The van der Waals surface area contributed by atoms with Gasteiger partial charge in [0.15, 0.2) is 11.4 Å². The van der Waals surface area contributed by atoms with Crippen LogP contribution in [0.2, 0.25) is 0 Å². The minimum Gasteiger partial charge on any atom is -0.496 e. The Hall–Kier alpha value is -4.06. The fourth-order valence-electron chi connectivity index (χ4n) is 3.74. The average Bonchev–Trinajstić information content (AvgIpc) is 3.48. The van der Waals surface area contributed by atoms with Crippen molar-refractivity contribution in [2.24, 2.45) is 0 Å². The van der Waals surface area contributed by atoms with Gasteiger partial charge in [0.2, 0.25) is 5.91 Å². The van der Waals surface area contributed by atoms with Gasteiger partial charge in [-0.15, -0.1) is 0 Å². The van der Waals surface area contributed by atoms with E-state index in [1.165, 1.54) is 21.1 Å². The van der Waals surface area contributed by atoms with Crippen molar-refractivity contribution in [3.05, 3.63) is 59.4 Å². The lowest BCUT2D eigenvalue weighted by Crippen LogP contribution is -2.18. The van der Waals surface area contributed by atoms with Crippen molar-refractivity contribution in [1.29, 1.82) is 0 Å². The lowest BCUT2D eigenvalue weighted by Gasteiger charge is -2.12. The Morgan fingerprint density at radius 2 is 1.86 bits per heavy atom. The number of ether oxygens (including phenoxy) is 2. The molecule has 0 bridgehead atoms. The number of hydrogen-bond donors (Lipinski definition) is 2. The minimum atomic E-state index is -4.04. The molecule has 0 aliphatic rings. The number of sulfonamides is 1. The van der Waals surface area contributed by atoms with Crippen molar-refractivity contribution in [1.82, 2.24) is 20.3 Å². The first-order chi connectivity index (χ1) is 17.2. The Kier molecular flexibility index (Phi) is 7.15. The number of methoxy groups -OCH3 is 2. The molecule has 0 unspecified atom stereocenters. The summed E-state index contributed by atoms with van der Waals surface area (Å²) in [7, 11) is -1.14. The van der Waals surface area contributed by atoms with Crippen LogP contribution in [-0.4, -0.2) is 43.5 Å². The molecule has 1 amide bonds. The molecular weight excluding hydrogens is 486 g/mol. The van der Waals surface area contributed by atoms with Crippen LogP contribution in [0.25, 0.3) is 11.0 Å². The van der Waals surface area contributed by atoms with Crippen LogP contribution in [0.1, 0.15) is 30.5 Å². The summed E-state index contributed by atoms with van der Waals surface area (Å²) in [5, 5.41) is 11.4. The zero-order valence-electron chi connectivity index (χ0n) is 20.4. The van der Waals surface area contributed by atoms with Crippen LogP contribution in [0.5, 0.6) is 11.5 Å². The lowest BCUT2D eigenvalue weighted by molar-refractivity contribution is -0.119. The molecule has 36 heavy (non-hydrogen) atoms. The van der Waals surface area contributed by atoms with Gasteiger partial charge in [0.1, 0.15) is 21.8 Å². The van der Waals surface area contributed by atoms with Gasteiger partial charge in [0, 0.05) is 25.2 Å². The number of nitrogens with zero attached hydrogens (tertiary/aromatic N) is 3. The van der Waals surface area contributed by atoms with Crippen LogP contribution in [0.3, 0.4) is 0 Å². The van der Waals surface area contributed by atoms with Crippen molar-refractivity contribution >= 4 is 32.7 Å². The number of benzene rings is 2. The van der Waals surface area contributed by atoms with E-state index < -0.39 is 10.0 Å². The number of anilines is 1. The maximum absolute atomic E-state index is 13.2. The van der Waals surface area contributed by atoms with E-state index in [4.69, 9.17) is 14.0 Å². The molecule has 0 saturated heterocycles. The molecule has 190 valence electrons. The topological polar surface area (TPSA) is 138 Å². The Morgan fingerprint density at radius 3 is 2.56 bits per heavy atom. The van der Waals surface area contributed by atoms with Crippen molar-refractivity contribution in [3.63, 3.8) is 0 Å². The van der Waals surface area contributed by atoms with E-state index in [9.17, 15) is 13.2 Å². The van der Waals surface area contributed by atoms with Crippen molar-refractivity contribution in [2.45, 2.75) is 38.3 Å². The number of carbonyl (C=O) groups is 1. The van der Waals surface area contributed by atoms with Gasteiger partial charge in [0.25, 0.3) is 10.0 Å². The predicted octanol–water partition coefficient (Wildman–Crippen LogP) is 3.09. The Labute approximate surface area is 208 Å². The van der Waals surface area contributed by atoms with Gasteiger partial charge in [0.05, 0.1) is 27.0 Å². The van der Waals surface area contributed by atoms with Crippen LogP contribution < -0.4 is 19.5 Å².